The summed E-state index contributed by atoms with van der Waals surface area (Å²) in [4.78, 5) is 11.4. The Balaban J connectivity index is 2.23. The Labute approximate surface area is 119 Å². The molecule has 0 bridgehead atoms. The van der Waals surface area contributed by atoms with E-state index < -0.39 is 11.7 Å². The highest BCUT2D eigenvalue weighted by molar-refractivity contribution is 6.30. The Hall–Kier alpha value is -1.92. The van der Waals surface area contributed by atoms with E-state index in [1.54, 1.807) is 0 Å². The number of ether oxygens (including phenoxy) is 1. The van der Waals surface area contributed by atoms with Crippen molar-refractivity contribution in [2.75, 3.05) is 6.61 Å². The van der Waals surface area contributed by atoms with Gasteiger partial charge in [-0.2, -0.15) is 5.10 Å². The third-order valence-corrected chi connectivity index (χ3v) is 3.42. The van der Waals surface area contributed by atoms with Gasteiger partial charge in [0, 0.05) is 17.0 Å². The lowest BCUT2D eigenvalue weighted by molar-refractivity contribution is 0.0966. The van der Waals surface area contributed by atoms with E-state index in [4.69, 9.17) is 22.1 Å². The summed E-state index contributed by atoms with van der Waals surface area (Å²) in [6, 6.07) is 4.17. The van der Waals surface area contributed by atoms with Crippen LogP contribution in [0, 0.1) is 5.82 Å². The zero-order valence-electron chi connectivity index (χ0n) is 10.4. The lowest BCUT2D eigenvalue weighted by atomic mass is 10.1. The van der Waals surface area contributed by atoms with Crippen LogP contribution in [0.2, 0.25) is 5.02 Å². The number of carbonyl (C=O) groups excluding carboxylic acids is 1. The van der Waals surface area contributed by atoms with E-state index in [0.29, 0.717) is 23.6 Å². The predicted molar refractivity (Wildman–Crippen MR) is 70.4 cm³/mol. The minimum Gasteiger partial charge on any atom is -0.376 e. The predicted octanol–water partition coefficient (Wildman–Crippen LogP) is 1.84. The molecule has 1 amide bonds. The highest BCUT2D eigenvalue weighted by Gasteiger charge is 2.25. The van der Waals surface area contributed by atoms with Crippen LogP contribution < -0.4 is 5.73 Å². The van der Waals surface area contributed by atoms with Crippen LogP contribution in [0.25, 0.3) is 5.69 Å². The second-order valence-electron chi connectivity index (χ2n) is 4.45. The van der Waals surface area contributed by atoms with E-state index >= 15 is 0 Å². The first kappa shape index (κ1) is 13.1. The average Bonchev–Trinajstić information content (AvgIpc) is 2.81. The van der Waals surface area contributed by atoms with Crippen molar-refractivity contribution in [1.29, 1.82) is 0 Å². The lowest BCUT2D eigenvalue weighted by Crippen LogP contribution is -2.17. The van der Waals surface area contributed by atoms with Crippen LogP contribution in [0.1, 0.15) is 21.7 Å². The summed E-state index contributed by atoms with van der Waals surface area (Å²) >= 11 is 5.90. The average molecular weight is 296 g/mol. The molecule has 1 aliphatic heterocycles. The van der Waals surface area contributed by atoms with Gasteiger partial charge in [0.05, 0.1) is 18.9 Å². The number of nitrogens with two attached hydrogens (primary N) is 1. The molecule has 0 fully saturated rings. The summed E-state index contributed by atoms with van der Waals surface area (Å²) in [6.45, 7) is 0.731. The molecule has 0 aliphatic carbocycles. The molecule has 3 rings (SSSR count). The van der Waals surface area contributed by atoms with E-state index in [9.17, 15) is 9.18 Å². The summed E-state index contributed by atoms with van der Waals surface area (Å²) in [7, 11) is 0. The number of amides is 1. The fraction of sp³-hybridized carbons (Fsp3) is 0.231. The maximum atomic E-state index is 14.0. The number of rotatable bonds is 2. The number of primary amides is 1. The number of benzene rings is 1. The van der Waals surface area contributed by atoms with Crippen LogP contribution in [-0.4, -0.2) is 22.3 Å². The fourth-order valence-electron chi connectivity index (χ4n) is 2.28. The first-order valence-electron chi connectivity index (χ1n) is 6.01. The molecular formula is C13H11ClFN3O2. The number of hydrogen-bond acceptors (Lipinski definition) is 3. The highest BCUT2D eigenvalue weighted by atomic mass is 35.5. The van der Waals surface area contributed by atoms with Gasteiger partial charge in [-0.05, 0) is 18.2 Å². The van der Waals surface area contributed by atoms with Crippen molar-refractivity contribution >= 4 is 17.5 Å². The summed E-state index contributed by atoms with van der Waals surface area (Å²) in [5.74, 6) is -1.13. The van der Waals surface area contributed by atoms with Gasteiger partial charge in [0.15, 0.2) is 5.69 Å². The van der Waals surface area contributed by atoms with Crippen LogP contribution in [0.3, 0.4) is 0 Å². The third-order valence-electron chi connectivity index (χ3n) is 3.19. The van der Waals surface area contributed by atoms with Crippen molar-refractivity contribution in [1.82, 2.24) is 9.78 Å². The first-order chi connectivity index (χ1) is 9.58. The first-order valence-corrected chi connectivity index (χ1v) is 6.39. The molecule has 1 aromatic heterocycles. The van der Waals surface area contributed by atoms with Crippen molar-refractivity contribution in [3.63, 3.8) is 0 Å². The summed E-state index contributed by atoms with van der Waals surface area (Å²) in [5, 5.41) is 4.51. The summed E-state index contributed by atoms with van der Waals surface area (Å²) < 4.78 is 20.7. The van der Waals surface area contributed by atoms with Crippen LogP contribution in [-0.2, 0) is 17.8 Å². The number of hydrogen-bond donors (Lipinski definition) is 1. The van der Waals surface area contributed by atoms with Gasteiger partial charge in [-0.1, -0.05) is 11.6 Å². The maximum Gasteiger partial charge on any atom is 0.269 e. The van der Waals surface area contributed by atoms with E-state index in [2.05, 4.69) is 5.10 Å². The van der Waals surface area contributed by atoms with Gasteiger partial charge in [-0.3, -0.25) is 4.79 Å². The van der Waals surface area contributed by atoms with Gasteiger partial charge >= 0.3 is 0 Å². The molecule has 7 heteroatoms. The molecule has 0 unspecified atom stereocenters. The molecular weight excluding hydrogens is 285 g/mol. The molecule has 2 heterocycles. The van der Waals surface area contributed by atoms with Crippen molar-refractivity contribution in [2.24, 2.45) is 5.73 Å². The molecule has 0 saturated heterocycles. The standard InChI is InChI=1S/C13H11ClFN3O2/c14-7-1-2-9(15)11(5-7)18-10-3-4-20-6-8(10)12(17-18)13(16)19/h1-2,5H,3-4,6H2,(H2,16,19). The Morgan fingerprint density at radius 3 is 3.05 bits per heavy atom. The van der Waals surface area contributed by atoms with Crippen molar-refractivity contribution in [3.05, 3.63) is 46.0 Å². The van der Waals surface area contributed by atoms with Crippen LogP contribution in [0.4, 0.5) is 4.39 Å². The van der Waals surface area contributed by atoms with Gasteiger partial charge in [-0.25, -0.2) is 9.07 Å². The van der Waals surface area contributed by atoms with Gasteiger partial charge < -0.3 is 10.5 Å². The smallest absolute Gasteiger partial charge is 0.269 e. The van der Waals surface area contributed by atoms with Gasteiger partial charge in [-0.15, -0.1) is 0 Å². The number of aromatic nitrogens is 2. The zero-order chi connectivity index (χ0) is 14.3. The largest absolute Gasteiger partial charge is 0.376 e. The quantitative estimate of drug-likeness (QED) is 0.919. The Morgan fingerprint density at radius 1 is 1.50 bits per heavy atom. The van der Waals surface area contributed by atoms with Crippen LogP contribution in [0.5, 0.6) is 0 Å². The molecule has 1 aromatic carbocycles. The summed E-state index contributed by atoms with van der Waals surface area (Å²) in [6.07, 6.45) is 0.529. The molecule has 2 aromatic rings. The Kier molecular flexibility index (Phi) is 3.19. The number of fused-ring (bicyclic) bond motifs is 1. The molecule has 1 aliphatic rings. The lowest BCUT2D eigenvalue weighted by Gasteiger charge is -2.15. The third kappa shape index (κ3) is 2.07. The number of halogens is 2. The summed E-state index contributed by atoms with van der Waals surface area (Å²) in [5.41, 5.74) is 6.96. The second kappa shape index (κ2) is 4.88. The van der Waals surface area contributed by atoms with Gasteiger partial charge in [0.25, 0.3) is 5.91 Å². The van der Waals surface area contributed by atoms with Crippen molar-refractivity contribution in [3.8, 4) is 5.69 Å². The molecule has 0 atom stereocenters. The maximum absolute atomic E-state index is 14.0. The van der Waals surface area contributed by atoms with Crippen molar-refractivity contribution in [2.45, 2.75) is 13.0 Å². The zero-order valence-corrected chi connectivity index (χ0v) is 11.2. The number of carbonyl (C=O) groups is 1. The van der Waals surface area contributed by atoms with Crippen LogP contribution in [0.15, 0.2) is 18.2 Å². The highest BCUT2D eigenvalue weighted by Crippen LogP contribution is 2.26. The molecule has 0 spiro atoms. The van der Waals surface area contributed by atoms with Gasteiger partial charge in [0.1, 0.15) is 11.5 Å². The van der Waals surface area contributed by atoms with Crippen LogP contribution >= 0.6 is 11.6 Å². The molecule has 5 nitrogen and oxygen atoms in total. The normalized spacial score (nSPS) is 14.1. The second-order valence-corrected chi connectivity index (χ2v) is 4.88. The number of nitrogens with zero attached hydrogens (tertiary/aromatic N) is 2. The van der Waals surface area contributed by atoms with Crippen molar-refractivity contribution < 1.29 is 13.9 Å². The SMILES string of the molecule is NC(=O)c1nn(-c2cc(Cl)ccc2F)c2c1COCC2. The monoisotopic (exact) mass is 295 g/mol. The van der Waals surface area contributed by atoms with E-state index in [1.165, 1.54) is 22.9 Å². The molecule has 0 radical (unpaired) electrons. The minimum absolute atomic E-state index is 0.110. The van der Waals surface area contributed by atoms with Gasteiger partial charge in [0.2, 0.25) is 0 Å². The Morgan fingerprint density at radius 2 is 2.30 bits per heavy atom. The topological polar surface area (TPSA) is 70.1 Å². The fourth-order valence-corrected chi connectivity index (χ4v) is 2.45. The Bertz CT molecular complexity index is 699. The van der Waals surface area contributed by atoms with E-state index in [-0.39, 0.29) is 18.0 Å². The molecule has 104 valence electrons. The minimum atomic E-state index is -0.659. The molecule has 20 heavy (non-hydrogen) atoms. The van der Waals surface area contributed by atoms with E-state index in [1.807, 2.05) is 0 Å². The molecule has 2 N–H and O–H groups in total. The van der Waals surface area contributed by atoms with E-state index in [0.717, 1.165) is 5.69 Å². The molecule has 0 saturated carbocycles.